The van der Waals surface area contributed by atoms with Gasteiger partial charge in [-0.2, -0.15) is 0 Å². The molecule has 0 amide bonds. The Bertz CT molecular complexity index is 593. The summed E-state index contributed by atoms with van der Waals surface area (Å²) in [7, 11) is 0. The molecule has 1 saturated heterocycles. The van der Waals surface area contributed by atoms with Crippen LogP contribution in [0.3, 0.4) is 0 Å². The van der Waals surface area contributed by atoms with Crippen LogP contribution in [0.5, 0.6) is 0 Å². The van der Waals surface area contributed by atoms with Gasteiger partial charge in [-0.3, -0.25) is 0 Å². The van der Waals surface area contributed by atoms with E-state index in [1.54, 1.807) is 6.20 Å². The maximum absolute atomic E-state index is 5.99. The summed E-state index contributed by atoms with van der Waals surface area (Å²) < 4.78 is 7.73. The highest BCUT2D eigenvalue weighted by atomic mass is 35.5. The highest BCUT2D eigenvalue weighted by Crippen LogP contribution is 2.22. The van der Waals surface area contributed by atoms with E-state index >= 15 is 0 Å². The second kappa shape index (κ2) is 6.29. The molecule has 3 rings (SSSR count). The van der Waals surface area contributed by atoms with Crippen molar-refractivity contribution in [2.45, 2.75) is 25.8 Å². The summed E-state index contributed by atoms with van der Waals surface area (Å²) >= 11 is 11.9. The average Bonchev–Trinajstić information content (AvgIpc) is 2.77. The molecule has 0 bridgehead atoms. The lowest BCUT2D eigenvalue weighted by Crippen LogP contribution is -2.23. The molecule has 0 aliphatic carbocycles. The van der Waals surface area contributed by atoms with Gasteiger partial charge >= 0.3 is 0 Å². The lowest BCUT2D eigenvalue weighted by atomic mass is 10.0. The Kier molecular flexibility index (Phi) is 4.44. The second-order valence-electron chi connectivity index (χ2n) is 5.16. The van der Waals surface area contributed by atoms with Crippen molar-refractivity contribution in [3.63, 3.8) is 0 Å². The van der Waals surface area contributed by atoms with Gasteiger partial charge in [0.1, 0.15) is 11.3 Å². The van der Waals surface area contributed by atoms with Crippen molar-refractivity contribution in [3.8, 4) is 0 Å². The lowest BCUT2D eigenvalue weighted by molar-refractivity contribution is 0.0484. The fourth-order valence-corrected chi connectivity index (χ4v) is 3.03. The molecular formula is C14H17Cl2N3O. The SMILES string of the molecule is ClCCc1nc2cc(Cl)cnc2n1CC1CCCOC1. The highest BCUT2D eigenvalue weighted by Gasteiger charge is 2.19. The average molecular weight is 314 g/mol. The molecular weight excluding hydrogens is 297 g/mol. The van der Waals surface area contributed by atoms with Crippen LogP contribution in [0.15, 0.2) is 12.3 Å². The third kappa shape index (κ3) is 2.92. The molecule has 1 unspecified atom stereocenters. The zero-order valence-corrected chi connectivity index (χ0v) is 12.7. The number of aryl methyl sites for hydroxylation is 1. The van der Waals surface area contributed by atoms with Crippen LogP contribution in [0.1, 0.15) is 18.7 Å². The minimum Gasteiger partial charge on any atom is -0.381 e. The molecule has 1 fully saturated rings. The lowest BCUT2D eigenvalue weighted by Gasteiger charge is -2.23. The largest absolute Gasteiger partial charge is 0.381 e. The third-order valence-electron chi connectivity index (χ3n) is 3.64. The minimum atomic E-state index is 0.521. The molecule has 0 saturated carbocycles. The van der Waals surface area contributed by atoms with Gasteiger partial charge in [0.05, 0.1) is 11.6 Å². The van der Waals surface area contributed by atoms with Crippen LogP contribution in [0, 0.1) is 5.92 Å². The maximum Gasteiger partial charge on any atom is 0.160 e. The Labute approximate surface area is 128 Å². The van der Waals surface area contributed by atoms with Crippen LogP contribution in [0.2, 0.25) is 5.02 Å². The van der Waals surface area contributed by atoms with Gasteiger partial charge in [-0.1, -0.05) is 11.6 Å². The summed E-state index contributed by atoms with van der Waals surface area (Å²) in [5, 5.41) is 0.612. The Balaban J connectivity index is 1.95. The van der Waals surface area contributed by atoms with E-state index in [2.05, 4.69) is 14.5 Å². The van der Waals surface area contributed by atoms with E-state index in [-0.39, 0.29) is 0 Å². The Morgan fingerprint density at radius 3 is 3.10 bits per heavy atom. The van der Waals surface area contributed by atoms with E-state index in [0.29, 0.717) is 16.8 Å². The maximum atomic E-state index is 5.99. The zero-order valence-electron chi connectivity index (χ0n) is 11.2. The number of pyridine rings is 1. The molecule has 0 radical (unpaired) electrons. The standard InChI is InChI=1S/C14H17Cl2N3O/c15-4-3-13-18-12-6-11(16)7-17-14(12)19(13)8-10-2-1-5-20-9-10/h6-7,10H,1-5,8-9H2. The minimum absolute atomic E-state index is 0.521. The van der Waals surface area contributed by atoms with E-state index in [4.69, 9.17) is 27.9 Å². The van der Waals surface area contributed by atoms with Crippen molar-refractivity contribution in [1.82, 2.24) is 14.5 Å². The number of hydrogen-bond acceptors (Lipinski definition) is 3. The monoisotopic (exact) mass is 313 g/mol. The number of halogens is 2. The fourth-order valence-electron chi connectivity index (χ4n) is 2.71. The van der Waals surface area contributed by atoms with Crippen LogP contribution in [0.25, 0.3) is 11.2 Å². The van der Waals surface area contributed by atoms with Crippen LogP contribution < -0.4 is 0 Å². The first-order chi connectivity index (χ1) is 9.78. The van der Waals surface area contributed by atoms with E-state index in [0.717, 1.165) is 49.6 Å². The topological polar surface area (TPSA) is 39.9 Å². The van der Waals surface area contributed by atoms with E-state index in [9.17, 15) is 0 Å². The van der Waals surface area contributed by atoms with Crippen LogP contribution in [0.4, 0.5) is 0 Å². The normalized spacial score (nSPS) is 19.6. The molecule has 2 aromatic heterocycles. The van der Waals surface area contributed by atoms with Gasteiger partial charge in [0.25, 0.3) is 0 Å². The molecule has 2 aromatic rings. The van der Waals surface area contributed by atoms with E-state index < -0.39 is 0 Å². The molecule has 108 valence electrons. The number of hydrogen-bond donors (Lipinski definition) is 0. The number of imidazole rings is 1. The van der Waals surface area contributed by atoms with Gasteiger partial charge in [-0.15, -0.1) is 11.6 Å². The molecule has 4 nitrogen and oxygen atoms in total. The summed E-state index contributed by atoms with van der Waals surface area (Å²) in [4.78, 5) is 9.05. The van der Waals surface area contributed by atoms with Gasteiger partial charge in [-0.25, -0.2) is 9.97 Å². The van der Waals surface area contributed by atoms with Crippen LogP contribution in [-0.2, 0) is 17.7 Å². The predicted molar refractivity (Wildman–Crippen MR) is 80.5 cm³/mol. The zero-order chi connectivity index (χ0) is 13.9. The number of ether oxygens (including phenoxy) is 1. The highest BCUT2D eigenvalue weighted by molar-refractivity contribution is 6.31. The second-order valence-corrected chi connectivity index (χ2v) is 5.97. The Morgan fingerprint density at radius 1 is 1.45 bits per heavy atom. The first-order valence-corrected chi connectivity index (χ1v) is 7.83. The van der Waals surface area contributed by atoms with Crippen molar-refractivity contribution >= 4 is 34.4 Å². The van der Waals surface area contributed by atoms with E-state index in [1.165, 1.54) is 6.42 Å². The number of aromatic nitrogens is 3. The first kappa shape index (κ1) is 14.1. The molecule has 20 heavy (non-hydrogen) atoms. The van der Waals surface area contributed by atoms with Gasteiger partial charge in [0.2, 0.25) is 0 Å². The smallest absolute Gasteiger partial charge is 0.160 e. The fraction of sp³-hybridized carbons (Fsp3) is 0.571. The van der Waals surface area contributed by atoms with Gasteiger partial charge in [0, 0.05) is 37.6 Å². The van der Waals surface area contributed by atoms with Crippen LogP contribution >= 0.6 is 23.2 Å². The summed E-state index contributed by atoms with van der Waals surface area (Å²) in [6.45, 7) is 2.58. The summed E-state index contributed by atoms with van der Waals surface area (Å²) in [6, 6.07) is 1.86. The van der Waals surface area contributed by atoms with Crippen molar-refractivity contribution in [3.05, 3.63) is 23.1 Å². The molecule has 1 aliphatic rings. The number of alkyl halides is 1. The molecule has 1 aliphatic heterocycles. The van der Waals surface area contributed by atoms with Crippen molar-refractivity contribution in [1.29, 1.82) is 0 Å². The molecule has 0 spiro atoms. The van der Waals surface area contributed by atoms with Crippen molar-refractivity contribution in [2.75, 3.05) is 19.1 Å². The Morgan fingerprint density at radius 2 is 2.35 bits per heavy atom. The van der Waals surface area contributed by atoms with Gasteiger partial charge in [0.15, 0.2) is 5.65 Å². The van der Waals surface area contributed by atoms with Crippen molar-refractivity contribution < 1.29 is 4.74 Å². The molecule has 3 heterocycles. The summed E-state index contributed by atoms with van der Waals surface area (Å²) in [5.74, 6) is 2.06. The number of nitrogens with zero attached hydrogens (tertiary/aromatic N) is 3. The third-order valence-corrected chi connectivity index (χ3v) is 4.04. The van der Waals surface area contributed by atoms with Gasteiger partial charge in [-0.05, 0) is 18.9 Å². The molecule has 1 atom stereocenters. The summed E-state index contributed by atoms with van der Waals surface area (Å²) in [6.07, 6.45) is 4.72. The predicted octanol–water partition coefficient (Wildman–Crippen LogP) is 3.29. The van der Waals surface area contributed by atoms with Gasteiger partial charge < -0.3 is 9.30 Å². The number of rotatable bonds is 4. The van der Waals surface area contributed by atoms with E-state index in [1.807, 2.05) is 6.07 Å². The molecule has 0 N–H and O–H groups in total. The summed E-state index contributed by atoms with van der Waals surface area (Å²) in [5.41, 5.74) is 1.73. The molecule has 6 heteroatoms. The van der Waals surface area contributed by atoms with Crippen LogP contribution in [-0.4, -0.2) is 33.6 Å². The van der Waals surface area contributed by atoms with Crippen molar-refractivity contribution in [2.24, 2.45) is 5.92 Å². The first-order valence-electron chi connectivity index (χ1n) is 6.92. The quantitative estimate of drug-likeness (QED) is 0.813. The Hall–Kier alpha value is -0.840. The number of fused-ring (bicyclic) bond motifs is 1. The molecule has 0 aromatic carbocycles.